The summed E-state index contributed by atoms with van der Waals surface area (Å²) >= 11 is 3.45. The van der Waals surface area contributed by atoms with Crippen molar-refractivity contribution in [3.05, 3.63) is 46.2 Å². The zero-order chi connectivity index (χ0) is 13.0. The molecule has 0 spiro atoms. The minimum atomic E-state index is -0.687. The summed E-state index contributed by atoms with van der Waals surface area (Å²) in [6, 6.07) is 5.99. The van der Waals surface area contributed by atoms with Gasteiger partial charge in [-0.3, -0.25) is 0 Å². The van der Waals surface area contributed by atoms with Crippen LogP contribution in [0, 0.1) is 11.7 Å². The fraction of sp³-hybridized carbons (Fsp3) is 0.467. The summed E-state index contributed by atoms with van der Waals surface area (Å²) < 4.78 is 13.6. The Balaban J connectivity index is 2.05. The van der Waals surface area contributed by atoms with Gasteiger partial charge in [-0.1, -0.05) is 53.4 Å². The Morgan fingerprint density at radius 1 is 1.22 bits per heavy atom. The Bertz CT molecular complexity index is 407. The van der Waals surface area contributed by atoms with Crippen molar-refractivity contribution in [3.8, 4) is 0 Å². The first-order valence-electron chi connectivity index (χ1n) is 6.47. The molecule has 1 aromatic carbocycles. The van der Waals surface area contributed by atoms with E-state index in [-0.39, 0.29) is 5.82 Å². The third-order valence-corrected chi connectivity index (χ3v) is 4.19. The van der Waals surface area contributed by atoms with Gasteiger partial charge in [0.2, 0.25) is 0 Å². The van der Waals surface area contributed by atoms with Crippen LogP contribution in [0.25, 0.3) is 0 Å². The van der Waals surface area contributed by atoms with E-state index in [0.29, 0.717) is 5.92 Å². The van der Waals surface area contributed by atoms with Gasteiger partial charge in [-0.05, 0) is 36.5 Å². The summed E-state index contributed by atoms with van der Waals surface area (Å²) in [5.74, 6) is 0.279. The molecular formula is C15H18BrFO. The second-order valence-electron chi connectivity index (χ2n) is 4.90. The summed E-state index contributed by atoms with van der Waals surface area (Å²) in [6.45, 7) is 0. The van der Waals surface area contributed by atoms with Crippen LogP contribution in [0.15, 0.2) is 34.8 Å². The lowest BCUT2D eigenvalue weighted by Gasteiger charge is -2.20. The number of hydrogen-bond donors (Lipinski definition) is 1. The molecule has 1 unspecified atom stereocenters. The van der Waals surface area contributed by atoms with E-state index in [9.17, 15) is 9.50 Å². The molecule has 0 aromatic heterocycles. The average molecular weight is 313 g/mol. The Morgan fingerprint density at radius 2 is 1.83 bits per heavy atom. The van der Waals surface area contributed by atoms with E-state index >= 15 is 0 Å². The van der Waals surface area contributed by atoms with Gasteiger partial charge in [0.15, 0.2) is 0 Å². The van der Waals surface area contributed by atoms with E-state index in [1.165, 1.54) is 44.2 Å². The standard InChI is InChI=1S/C15H18BrFO/c16-14(10-11-4-2-1-3-5-11)15(18)12-6-8-13(17)9-7-12/h6-11,15,18H,1-5H2/b14-10-. The monoisotopic (exact) mass is 312 g/mol. The predicted molar refractivity (Wildman–Crippen MR) is 74.9 cm³/mol. The SMILES string of the molecule is OC(/C(Br)=C/C1CCCCC1)c1ccc(F)cc1. The van der Waals surface area contributed by atoms with Crippen LogP contribution < -0.4 is 0 Å². The number of halogens is 2. The Hall–Kier alpha value is -0.670. The molecule has 0 radical (unpaired) electrons. The van der Waals surface area contributed by atoms with Crippen molar-refractivity contribution in [1.29, 1.82) is 0 Å². The minimum absolute atomic E-state index is 0.279. The van der Waals surface area contributed by atoms with Gasteiger partial charge in [-0.25, -0.2) is 4.39 Å². The maximum absolute atomic E-state index is 12.8. The van der Waals surface area contributed by atoms with E-state index < -0.39 is 6.10 Å². The average Bonchev–Trinajstić information content (AvgIpc) is 2.40. The fourth-order valence-electron chi connectivity index (χ4n) is 2.42. The van der Waals surface area contributed by atoms with Crippen molar-refractivity contribution in [2.24, 2.45) is 5.92 Å². The number of aliphatic hydroxyl groups excluding tert-OH is 1. The topological polar surface area (TPSA) is 20.2 Å². The van der Waals surface area contributed by atoms with Crippen LogP contribution in [0.5, 0.6) is 0 Å². The van der Waals surface area contributed by atoms with Gasteiger partial charge < -0.3 is 5.11 Å². The molecule has 0 aliphatic heterocycles. The third kappa shape index (κ3) is 3.66. The molecule has 3 heteroatoms. The van der Waals surface area contributed by atoms with E-state index in [1.54, 1.807) is 12.1 Å². The van der Waals surface area contributed by atoms with Crippen molar-refractivity contribution in [2.75, 3.05) is 0 Å². The summed E-state index contributed by atoms with van der Waals surface area (Å²) in [7, 11) is 0. The lowest BCUT2D eigenvalue weighted by atomic mass is 9.88. The highest BCUT2D eigenvalue weighted by atomic mass is 79.9. The van der Waals surface area contributed by atoms with Crippen LogP contribution in [-0.4, -0.2) is 5.11 Å². The van der Waals surface area contributed by atoms with E-state index in [1.807, 2.05) is 0 Å². The van der Waals surface area contributed by atoms with Crippen LogP contribution in [-0.2, 0) is 0 Å². The Labute approximate surface area is 116 Å². The second-order valence-corrected chi connectivity index (χ2v) is 5.82. The smallest absolute Gasteiger partial charge is 0.123 e. The molecule has 0 bridgehead atoms. The van der Waals surface area contributed by atoms with Crippen LogP contribution >= 0.6 is 15.9 Å². The highest BCUT2D eigenvalue weighted by Gasteiger charge is 2.16. The summed E-state index contributed by atoms with van der Waals surface area (Å²) in [5, 5.41) is 10.2. The van der Waals surface area contributed by atoms with Gasteiger partial charge in [0.1, 0.15) is 11.9 Å². The van der Waals surface area contributed by atoms with Crippen molar-refractivity contribution >= 4 is 15.9 Å². The van der Waals surface area contributed by atoms with Crippen molar-refractivity contribution in [1.82, 2.24) is 0 Å². The molecule has 1 fully saturated rings. The first kappa shape index (κ1) is 13.8. The number of hydrogen-bond acceptors (Lipinski definition) is 1. The van der Waals surface area contributed by atoms with Crippen LogP contribution in [0.3, 0.4) is 0 Å². The largest absolute Gasteiger partial charge is 0.383 e. The highest BCUT2D eigenvalue weighted by molar-refractivity contribution is 9.11. The molecule has 98 valence electrons. The molecule has 0 heterocycles. The maximum atomic E-state index is 12.8. The first-order chi connectivity index (χ1) is 8.66. The third-order valence-electron chi connectivity index (χ3n) is 3.49. The van der Waals surface area contributed by atoms with Gasteiger partial charge in [0, 0.05) is 4.48 Å². The molecule has 1 atom stereocenters. The molecular weight excluding hydrogens is 295 g/mol. The van der Waals surface area contributed by atoms with Gasteiger partial charge >= 0.3 is 0 Å². The van der Waals surface area contributed by atoms with Crippen molar-refractivity contribution in [2.45, 2.75) is 38.2 Å². The molecule has 2 rings (SSSR count). The Kier molecular flexibility index (Phi) is 4.95. The van der Waals surface area contributed by atoms with Crippen molar-refractivity contribution in [3.63, 3.8) is 0 Å². The zero-order valence-electron chi connectivity index (χ0n) is 10.3. The van der Waals surface area contributed by atoms with Gasteiger partial charge in [-0.15, -0.1) is 0 Å². The molecule has 18 heavy (non-hydrogen) atoms. The molecule has 0 amide bonds. The molecule has 1 saturated carbocycles. The van der Waals surface area contributed by atoms with E-state index in [0.717, 1.165) is 10.0 Å². The lowest BCUT2D eigenvalue weighted by Crippen LogP contribution is -2.05. The van der Waals surface area contributed by atoms with Gasteiger partial charge in [-0.2, -0.15) is 0 Å². The molecule has 1 nitrogen and oxygen atoms in total. The molecule has 1 aliphatic carbocycles. The second kappa shape index (κ2) is 6.48. The van der Waals surface area contributed by atoms with Crippen LogP contribution in [0.2, 0.25) is 0 Å². The van der Waals surface area contributed by atoms with Gasteiger partial charge in [0.05, 0.1) is 0 Å². The first-order valence-corrected chi connectivity index (χ1v) is 7.27. The normalized spacial score (nSPS) is 19.8. The lowest BCUT2D eigenvalue weighted by molar-refractivity contribution is 0.224. The quantitative estimate of drug-likeness (QED) is 0.856. The fourth-order valence-corrected chi connectivity index (χ4v) is 3.06. The molecule has 0 saturated heterocycles. The molecule has 1 aromatic rings. The van der Waals surface area contributed by atoms with Crippen LogP contribution in [0.4, 0.5) is 4.39 Å². The van der Waals surface area contributed by atoms with E-state index in [2.05, 4.69) is 22.0 Å². The van der Waals surface area contributed by atoms with Crippen LogP contribution in [0.1, 0.15) is 43.8 Å². The summed E-state index contributed by atoms with van der Waals surface area (Å²) in [6.07, 6.45) is 7.70. The number of allylic oxidation sites excluding steroid dienone is 1. The minimum Gasteiger partial charge on any atom is -0.383 e. The van der Waals surface area contributed by atoms with Crippen molar-refractivity contribution < 1.29 is 9.50 Å². The zero-order valence-corrected chi connectivity index (χ0v) is 11.9. The molecule has 1 aliphatic rings. The Morgan fingerprint density at radius 3 is 2.44 bits per heavy atom. The maximum Gasteiger partial charge on any atom is 0.123 e. The number of rotatable bonds is 3. The molecule has 1 N–H and O–H groups in total. The number of aliphatic hydroxyl groups is 1. The van der Waals surface area contributed by atoms with E-state index in [4.69, 9.17) is 0 Å². The van der Waals surface area contributed by atoms with Gasteiger partial charge in [0.25, 0.3) is 0 Å². The summed E-state index contributed by atoms with van der Waals surface area (Å²) in [4.78, 5) is 0. The number of benzene rings is 1. The summed E-state index contributed by atoms with van der Waals surface area (Å²) in [5.41, 5.74) is 0.718. The highest BCUT2D eigenvalue weighted by Crippen LogP contribution is 2.32. The predicted octanol–water partition coefficient (Wildman–Crippen LogP) is 4.72.